The third kappa shape index (κ3) is 5.42. The highest BCUT2D eigenvalue weighted by molar-refractivity contribution is 7.12. The van der Waals surface area contributed by atoms with Crippen LogP contribution in [0, 0.1) is 19.3 Å². The molecule has 2 amide bonds. The standard InChI is InChI=1S/C22H30N2O2S/c1-7-9-19(22(4,5)6)24(21(26)18-10-8-11-27-18)23-20(25)17-13-15(2)12-16(3)14-17/h8,10-14,19H,7,9H2,1-6H3,(H,23,25)/t19-/m1/s1. The van der Waals surface area contributed by atoms with Gasteiger partial charge in [-0.15, -0.1) is 11.3 Å². The molecule has 0 unspecified atom stereocenters. The van der Waals surface area contributed by atoms with E-state index in [0.29, 0.717) is 10.4 Å². The van der Waals surface area contributed by atoms with Crippen molar-refractivity contribution in [1.29, 1.82) is 0 Å². The Balaban J connectivity index is 2.39. The zero-order valence-electron chi connectivity index (χ0n) is 17.1. The zero-order chi connectivity index (χ0) is 20.2. The lowest BCUT2D eigenvalue weighted by molar-refractivity contribution is 0.0275. The highest BCUT2D eigenvalue weighted by atomic mass is 32.1. The molecule has 2 aromatic rings. The molecule has 0 bridgehead atoms. The Morgan fingerprint density at radius 3 is 2.26 bits per heavy atom. The summed E-state index contributed by atoms with van der Waals surface area (Å²) in [6.45, 7) is 12.3. The molecule has 4 nitrogen and oxygen atoms in total. The number of nitrogens with one attached hydrogen (secondary N) is 1. The van der Waals surface area contributed by atoms with Gasteiger partial charge < -0.3 is 0 Å². The molecule has 0 saturated heterocycles. The van der Waals surface area contributed by atoms with Crippen LogP contribution in [-0.4, -0.2) is 22.9 Å². The molecule has 0 saturated carbocycles. The molecule has 146 valence electrons. The number of benzene rings is 1. The van der Waals surface area contributed by atoms with E-state index in [0.717, 1.165) is 24.0 Å². The molecule has 0 aliphatic carbocycles. The summed E-state index contributed by atoms with van der Waals surface area (Å²) in [6, 6.07) is 9.28. The lowest BCUT2D eigenvalue weighted by Crippen LogP contribution is -2.56. The van der Waals surface area contributed by atoms with Crippen molar-refractivity contribution in [3.8, 4) is 0 Å². The molecule has 0 spiro atoms. The first-order chi connectivity index (χ1) is 12.6. The fraction of sp³-hybridized carbons (Fsp3) is 0.455. The predicted octanol–water partition coefficient (Wildman–Crippen LogP) is 5.37. The van der Waals surface area contributed by atoms with Crippen LogP contribution >= 0.6 is 11.3 Å². The van der Waals surface area contributed by atoms with Crippen LogP contribution in [0.5, 0.6) is 0 Å². The predicted molar refractivity (Wildman–Crippen MR) is 112 cm³/mol. The van der Waals surface area contributed by atoms with Gasteiger partial charge in [0.1, 0.15) is 0 Å². The second-order valence-electron chi connectivity index (χ2n) is 8.14. The maximum Gasteiger partial charge on any atom is 0.282 e. The Kier molecular flexibility index (Phi) is 6.82. The molecule has 2 rings (SSSR count). The summed E-state index contributed by atoms with van der Waals surface area (Å²) in [6.07, 6.45) is 1.74. The van der Waals surface area contributed by atoms with E-state index in [4.69, 9.17) is 0 Å². The largest absolute Gasteiger partial charge is 0.282 e. The molecule has 5 heteroatoms. The number of carbonyl (C=O) groups excluding carboxylic acids is 2. The van der Waals surface area contributed by atoms with Crippen molar-refractivity contribution in [2.75, 3.05) is 0 Å². The van der Waals surface area contributed by atoms with Gasteiger partial charge in [-0.2, -0.15) is 0 Å². The van der Waals surface area contributed by atoms with Crippen LogP contribution in [-0.2, 0) is 0 Å². The van der Waals surface area contributed by atoms with Gasteiger partial charge in [-0.05, 0) is 49.3 Å². The van der Waals surface area contributed by atoms with Gasteiger partial charge >= 0.3 is 0 Å². The SMILES string of the molecule is CCC[C@@H](N(NC(=O)c1cc(C)cc(C)c1)C(=O)c1cccs1)C(C)(C)C. The molecule has 27 heavy (non-hydrogen) atoms. The first kappa shape index (κ1) is 21.2. The van der Waals surface area contributed by atoms with Crippen LogP contribution in [0.1, 0.15) is 71.7 Å². The van der Waals surface area contributed by atoms with Crippen LogP contribution in [0.25, 0.3) is 0 Å². The van der Waals surface area contributed by atoms with Crippen molar-refractivity contribution in [2.24, 2.45) is 5.41 Å². The number of amides is 2. The molecule has 0 aliphatic heterocycles. The topological polar surface area (TPSA) is 49.4 Å². The van der Waals surface area contributed by atoms with Gasteiger partial charge in [-0.1, -0.05) is 57.4 Å². The number of hydrazine groups is 1. The molecule has 1 aromatic carbocycles. The first-order valence-electron chi connectivity index (χ1n) is 9.39. The molecule has 1 N–H and O–H groups in total. The van der Waals surface area contributed by atoms with Gasteiger partial charge in [-0.3, -0.25) is 15.0 Å². The van der Waals surface area contributed by atoms with Gasteiger partial charge in [0.25, 0.3) is 11.8 Å². The van der Waals surface area contributed by atoms with Crippen LogP contribution in [0.15, 0.2) is 35.7 Å². The minimum Gasteiger partial charge on any atom is -0.267 e. The van der Waals surface area contributed by atoms with Crippen LogP contribution < -0.4 is 5.43 Å². The van der Waals surface area contributed by atoms with Crippen molar-refractivity contribution in [1.82, 2.24) is 10.4 Å². The molecule has 0 radical (unpaired) electrons. The lowest BCUT2D eigenvalue weighted by atomic mass is 9.83. The van der Waals surface area contributed by atoms with Crippen molar-refractivity contribution < 1.29 is 9.59 Å². The summed E-state index contributed by atoms with van der Waals surface area (Å²) < 4.78 is 0. The van der Waals surface area contributed by atoms with Crippen molar-refractivity contribution in [3.05, 3.63) is 57.3 Å². The molecular formula is C22H30N2O2S. The average molecular weight is 387 g/mol. The number of thiophene rings is 1. The number of hydrogen-bond donors (Lipinski definition) is 1. The zero-order valence-corrected chi connectivity index (χ0v) is 17.9. The Bertz CT molecular complexity index is 771. The van der Waals surface area contributed by atoms with E-state index >= 15 is 0 Å². The van der Waals surface area contributed by atoms with Crippen molar-refractivity contribution in [2.45, 2.75) is 60.4 Å². The van der Waals surface area contributed by atoms with E-state index in [2.05, 4.69) is 33.1 Å². The summed E-state index contributed by atoms with van der Waals surface area (Å²) in [4.78, 5) is 26.8. The minimum absolute atomic E-state index is 0.105. The van der Waals surface area contributed by atoms with Crippen LogP contribution in [0.3, 0.4) is 0 Å². The molecule has 0 fully saturated rings. The van der Waals surface area contributed by atoms with E-state index in [9.17, 15) is 9.59 Å². The number of nitrogens with zero attached hydrogens (tertiary/aromatic N) is 1. The number of hydrogen-bond acceptors (Lipinski definition) is 3. The highest BCUT2D eigenvalue weighted by Crippen LogP contribution is 2.29. The number of carbonyl (C=O) groups is 2. The van der Waals surface area contributed by atoms with E-state index in [1.54, 1.807) is 11.1 Å². The molecule has 1 atom stereocenters. The van der Waals surface area contributed by atoms with E-state index in [1.807, 2.05) is 43.5 Å². The molecule has 0 aliphatic rings. The Morgan fingerprint density at radius 2 is 1.78 bits per heavy atom. The summed E-state index contributed by atoms with van der Waals surface area (Å²) in [5.41, 5.74) is 5.37. The van der Waals surface area contributed by atoms with Gasteiger partial charge in [0.2, 0.25) is 0 Å². The quantitative estimate of drug-likeness (QED) is 0.703. The van der Waals surface area contributed by atoms with Crippen molar-refractivity contribution >= 4 is 23.2 Å². The third-order valence-corrected chi connectivity index (χ3v) is 5.39. The smallest absolute Gasteiger partial charge is 0.267 e. The number of aryl methyl sites for hydroxylation is 2. The maximum atomic E-state index is 13.2. The summed E-state index contributed by atoms with van der Waals surface area (Å²) in [7, 11) is 0. The van der Waals surface area contributed by atoms with Crippen LogP contribution in [0.2, 0.25) is 0 Å². The van der Waals surface area contributed by atoms with E-state index in [1.165, 1.54) is 11.3 Å². The van der Waals surface area contributed by atoms with Gasteiger partial charge in [0.15, 0.2) is 0 Å². The Morgan fingerprint density at radius 1 is 1.15 bits per heavy atom. The highest BCUT2D eigenvalue weighted by Gasteiger charge is 2.35. The first-order valence-corrected chi connectivity index (χ1v) is 10.3. The van der Waals surface area contributed by atoms with E-state index in [-0.39, 0.29) is 23.3 Å². The summed E-state index contributed by atoms with van der Waals surface area (Å²) in [5, 5.41) is 3.43. The van der Waals surface area contributed by atoms with Gasteiger partial charge in [0, 0.05) is 5.56 Å². The van der Waals surface area contributed by atoms with Crippen molar-refractivity contribution in [3.63, 3.8) is 0 Å². The molecule has 1 heterocycles. The average Bonchev–Trinajstić information content (AvgIpc) is 3.09. The Hall–Kier alpha value is -2.14. The van der Waals surface area contributed by atoms with Crippen LogP contribution in [0.4, 0.5) is 0 Å². The fourth-order valence-electron chi connectivity index (χ4n) is 3.29. The van der Waals surface area contributed by atoms with Gasteiger partial charge in [-0.25, -0.2) is 5.01 Å². The molecule has 1 aromatic heterocycles. The normalized spacial score (nSPS) is 12.5. The molecular weight excluding hydrogens is 356 g/mol. The second kappa shape index (κ2) is 8.70. The Labute approximate surface area is 166 Å². The monoisotopic (exact) mass is 386 g/mol. The van der Waals surface area contributed by atoms with E-state index < -0.39 is 0 Å². The van der Waals surface area contributed by atoms with Gasteiger partial charge in [0.05, 0.1) is 10.9 Å². The summed E-state index contributed by atoms with van der Waals surface area (Å²) >= 11 is 1.39. The second-order valence-corrected chi connectivity index (χ2v) is 9.09. The minimum atomic E-state index is -0.253. The maximum absolute atomic E-state index is 13.2. The summed E-state index contributed by atoms with van der Waals surface area (Å²) in [5.74, 6) is -0.409. The number of rotatable bonds is 5. The third-order valence-electron chi connectivity index (χ3n) is 4.53. The fourth-order valence-corrected chi connectivity index (χ4v) is 3.95. The lowest BCUT2D eigenvalue weighted by Gasteiger charge is -2.39.